The zero-order chi connectivity index (χ0) is 13.7. The molecular formula is C16H24N2O. The summed E-state index contributed by atoms with van der Waals surface area (Å²) in [5.41, 5.74) is 2.58. The standard InChI is InChI=1S/C16H24N2O/c1-13-5-3-4-6-15(13)7-8-16(19)18-10-9-14(12-18)11-17-2/h3-6,14,17H,7-12H2,1-2H3/t14-/m1/s1. The topological polar surface area (TPSA) is 32.3 Å². The van der Waals surface area contributed by atoms with E-state index in [1.807, 2.05) is 24.1 Å². The quantitative estimate of drug-likeness (QED) is 0.878. The van der Waals surface area contributed by atoms with Crippen LogP contribution in [0.3, 0.4) is 0 Å². The van der Waals surface area contributed by atoms with Gasteiger partial charge < -0.3 is 10.2 Å². The Labute approximate surface area is 116 Å². The van der Waals surface area contributed by atoms with Crippen molar-refractivity contribution in [2.45, 2.75) is 26.2 Å². The van der Waals surface area contributed by atoms with Crippen molar-refractivity contribution in [3.8, 4) is 0 Å². The van der Waals surface area contributed by atoms with Gasteiger partial charge in [0, 0.05) is 19.5 Å². The van der Waals surface area contributed by atoms with E-state index in [1.54, 1.807) is 0 Å². The van der Waals surface area contributed by atoms with E-state index in [2.05, 4.69) is 24.4 Å². The molecule has 0 spiro atoms. The van der Waals surface area contributed by atoms with Gasteiger partial charge in [0.1, 0.15) is 0 Å². The van der Waals surface area contributed by atoms with E-state index < -0.39 is 0 Å². The van der Waals surface area contributed by atoms with E-state index in [1.165, 1.54) is 11.1 Å². The molecule has 1 aromatic rings. The maximum atomic E-state index is 12.2. The molecule has 0 unspecified atom stereocenters. The fourth-order valence-electron chi connectivity index (χ4n) is 2.80. The number of nitrogens with one attached hydrogen (secondary N) is 1. The number of likely N-dealkylation sites (tertiary alicyclic amines) is 1. The van der Waals surface area contributed by atoms with Gasteiger partial charge in [-0.3, -0.25) is 4.79 Å². The molecule has 1 amide bonds. The van der Waals surface area contributed by atoms with Gasteiger partial charge in [-0.1, -0.05) is 24.3 Å². The molecule has 1 N–H and O–H groups in total. The molecular weight excluding hydrogens is 236 g/mol. The summed E-state index contributed by atoms with van der Waals surface area (Å²) >= 11 is 0. The summed E-state index contributed by atoms with van der Waals surface area (Å²) in [6.07, 6.45) is 2.63. The van der Waals surface area contributed by atoms with Gasteiger partial charge in [0.25, 0.3) is 0 Å². The van der Waals surface area contributed by atoms with Gasteiger partial charge >= 0.3 is 0 Å². The molecule has 1 heterocycles. The number of carbonyl (C=O) groups is 1. The van der Waals surface area contributed by atoms with Crippen molar-refractivity contribution >= 4 is 5.91 Å². The lowest BCUT2D eigenvalue weighted by molar-refractivity contribution is -0.130. The molecule has 104 valence electrons. The minimum absolute atomic E-state index is 0.307. The van der Waals surface area contributed by atoms with Crippen LogP contribution in [0, 0.1) is 12.8 Å². The highest BCUT2D eigenvalue weighted by Gasteiger charge is 2.25. The van der Waals surface area contributed by atoms with E-state index in [9.17, 15) is 4.79 Å². The molecule has 3 nitrogen and oxygen atoms in total. The van der Waals surface area contributed by atoms with Gasteiger partial charge in [0.05, 0.1) is 0 Å². The van der Waals surface area contributed by atoms with Crippen LogP contribution in [0.15, 0.2) is 24.3 Å². The van der Waals surface area contributed by atoms with Crippen LogP contribution in [0.1, 0.15) is 24.0 Å². The number of benzene rings is 1. The molecule has 19 heavy (non-hydrogen) atoms. The number of hydrogen-bond acceptors (Lipinski definition) is 2. The second-order valence-corrected chi connectivity index (χ2v) is 5.48. The first-order chi connectivity index (χ1) is 9.20. The van der Waals surface area contributed by atoms with Crippen LogP contribution in [0.5, 0.6) is 0 Å². The highest BCUT2D eigenvalue weighted by Crippen LogP contribution is 2.17. The molecule has 0 saturated carbocycles. The Kier molecular flexibility index (Phi) is 4.97. The molecule has 1 saturated heterocycles. The van der Waals surface area contributed by atoms with Crippen molar-refractivity contribution in [1.29, 1.82) is 0 Å². The monoisotopic (exact) mass is 260 g/mol. The van der Waals surface area contributed by atoms with E-state index in [0.717, 1.165) is 32.5 Å². The van der Waals surface area contributed by atoms with E-state index in [-0.39, 0.29) is 0 Å². The summed E-state index contributed by atoms with van der Waals surface area (Å²) < 4.78 is 0. The van der Waals surface area contributed by atoms with Crippen molar-refractivity contribution in [3.63, 3.8) is 0 Å². The van der Waals surface area contributed by atoms with Crippen LogP contribution in [0.4, 0.5) is 0 Å². The number of nitrogens with zero attached hydrogens (tertiary/aromatic N) is 1. The van der Waals surface area contributed by atoms with Gasteiger partial charge in [-0.15, -0.1) is 0 Å². The van der Waals surface area contributed by atoms with E-state index in [0.29, 0.717) is 18.2 Å². The zero-order valence-electron chi connectivity index (χ0n) is 12.0. The van der Waals surface area contributed by atoms with Crippen molar-refractivity contribution < 1.29 is 4.79 Å². The van der Waals surface area contributed by atoms with E-state index in [4.69, 9.17) is 0 Å². The highest BCUT2D eigenvalue weighted by molar-refractivity contribution is 5.76. The van der Waals surface area contributed by atoms with Gasteiger partial charge in [-0.05, 0) is 50.4 Å². The number of amides is 1. The summed E-state index contributed by atoms with van der Waals surface area (Å²) in [5, 5.41) is 3.20. The lowest BCUT2D eigenvalue weighted by atomic mass is 10.0. The van der Waals surface area contributed by atoms with E-state index >= 15 is 0 Å². The zero-order valence-corrected chi connectivity index (χ0v) is 12.0. The first kappa shape index (κ1) is 14.1. The Morgan fingerprint density at radius 1 is 1.42 bits per heavy atom. The fourth-order valence-corrected chi connectivity index (χ4v) is 2.80. The summed E-state index contributed by atoms with van der Waals surface area (Å²) in [5.74, 6) is 0.939. The predicted octanol–water partition coefficient (Wildman–Crippen LogP) is 2.00. The van der Waals surface area contributed by atoms with Crippen molar-refractivity contribution in [3.05, 3.63) is 35.4 Å². The molecule has 2 rings (SSSR count). The van der Waals surface area contributed by atoms with Crippen LogP contribution in [-0.4, -0.2) is 37.5 Å². The van der Waals surface area contributed by atoms with Crippen LogP contribution in [-0.2, 0) is 11.2 Å². The molecule has 1 aliphatic heterocycles. The Balaban J connectivity index is 1.81. The Hall–Kier alpha value is -1.35. The molecule has 1 atom stereocenters. The highest BCUT2D eigenvalue weighted by atomic mass is 16.2. The first-order valence-corrected chi connectivity index (χ1v) is 7.17. The lowest BCUT2D eigenvalue weighted by Crippen LogP contribution is -2.30. The average Bonchev–Trinajstić information content (AvgIpc) is 2.87. The third-order valence-corrected chi connectivity index (χ3v) is 4.00. The largest absolute Gasteiger partial charge is 0.342 e. The van der Waals surface area contributed by atoms with Gasteiger partial charge in [-0.25, -0.2) is 0 Å². The van der Waals surface area contributed by atoms with Crippen LogP contribution in [0.2, 0.25) is 0 Å². The number of carbonyl (C=O) groups excluding carboxylic acids is 1. The van der Waals surface area contributed by atoms with Gasteiger partial charge in [-0.2, -0.15) is 0 Å². The summed E-state index contributed by atoms with van der Waals surface area (Å²) in [4.78, 5) is 14.2. The Bertz CT molecular complexity index is 431. The van der Waals surface area contributed by atoms with Gasteiger partial charge in [0.15, 0.2) is 0 Å². The molecule has 0 bridgehead atoms. The molecule has 1 aromatic carbocycles. The summed E-state index contributed by atoms with van der Waals surface area (Å²) in [7, 11) is 1.97. The maximum Gasteiger partial charge on any atom is 0.222 e. The Morgan fingerprint density at radius 2 is 2.21 bits per heavy atom. The van der Waals surface area contributed by atoms with Crippen LogP contribution in [0.25, 0.3) is 0 Å². The molecule has 0 aromatic heterocycles. The molecule has 0 aliphatic carbocycles. The number of rotatable bonds is 5. The second-order valence-electron chi connectivity index (χ2n) is 5.48. The SMILES string of the molecule is CNC[C@H]1CCN(C(=O)CCc2ccccc2C)C1. The maximum absolute atomic E-state index is 12.2. The summed E-state index contributed by atoms with van der Waals surface area (Å²) in [6, 6.07) is 8.32. The predicted molar refractivity (Wildman–Crippen MR) is 78.1 cm³/mol. The van der Waals surface area contributed by atoms with Crippen LogP contribution >= 0.6 is 0 Å². The number of hydrogen-bond donors (Lipinski definition) is 1. The third-order valence-electron chi connectivity index (χ3n) is 4.00. The first-order valence-electron chi connectivity index (χ1n) is 7.17. The normalized spacial score (nSPS) is 18.8. The minimum atomic E-state index is 0.307. The average molecular weight is 260 g/mol. The third kappa shape index (κ3) is 3.80. The second kappa shape index (κ2) is 6.71. The Morgan fingerprint density at radius 3 is 2.95 bits per heavy atom. The lowest BCUT2D eigenvalue weighted by Gasteiger charge is -2.17. The van der Waals surface area contributed by atoms with Crippen LogP contribution < -0.4 is 5.32 Å². The number of aryl methyl sites for hydroxylation is 2. The molecule has 1 fully saturated rings. The van der Waals surface area contributed by atoms with Crippen molar-refractivity contribution in [1.82, 2.24) is 10.2 Å². The van der Waals surface area contributed by atoms with Crippen molar-refractivity contribution in [2.24, 2.45) is 5.92 Å². The van der Waals surface area contributed by atoms with Crippen molar-refractivity contribution in [2.75, 3.05) is 26.7 Å². The minimum Gasteiger partial charge on any atom is -0.342 e. The molecule has 0 radical (unpaired) electrons. The summed E-state index contributed by atoms with van der Waals surface area (Å²) in [6.45, 7) is 4.98. The fraction of sp³-hybridized carbons (Fsp3) is 0.562. The molecule has 3 heteroatoms. The molecule has 1 aliphatic rings. The smallest absolute Gasteiger partial charge is 0.222 e. The van der Waals surface area contributed by atoms with Gasteiger partial charge in [0.2, 0.25) is 5.91 Å².